The third-order valence-electron chi connectivity index (χ3n) is 3.44. The lowest BCUT2D eigenvalue weighted by Crippen LogP contribution is -2.21. The topological polar surface area (TPSA) is 54.0 Å². The minimum atomic E-state index is -1.48. The van der Waals surface area contributed by atoms with Gasteiger partial charge in [0.05, 0.1) is 19.3 Å². The second-order valence-electron chi connectivity index (χ2n) is 5.17. The number of benzene rings is 2. The van der Waals surface area contributed by atoms with Crippen molar-refractivity contribution in [3.8, 4) is 17.2 Å². The summed E-state index contributed by atoms with van der Waals surface area (Å²) in [6, 6.07) is 8.50. The maximum absolute atomic E-state index is 14.5. The van der Waals surface area contributed by atoms with Crippen LogP contribution in [0.2, 0.25) is 0 Å². The number of halogens is 2. The Morgan fingerprint density at radius 1 is 0.962 bits per heavy atom. The monoisotopic (exact) mass is 366 g/mol. The molecule has 1 unspecified atom stereocenters. The molecule has 0 heterocycles. The first-order valence-corrected chi connectivity index (χ1v) is 8.09. The zero-order valence-corrected chi connectivity index (χ0v) is 14.8. The van der Waals surface area contributed by atoms with E-state index in [0.29, 0.717) is 11.5 Å². The molecular formula is C19H20F2O5. The van der Waals surface area contributed by atoms with E-state index in [1.54, 1.807) is 38.1 Å². The van der Waals surface area contributed by atoms with Gasteiger partial charge >= 0.3 is 5.97 Å². The Balaban J connectivity index is 2.29. The number of esters is 1. The van der Waals surface area contributed by atoms with Crippen LogP contribution in [0.15, 0.2) is 36.4 Å². The summed E-state index contributed by atoms with van der Waals surface area (Å²) in [4.78, 5) is 12.0. The average Bonchev–Trinajstić information content (AvgIpc) is 2.61. The summed E-state index contributed by atoms with van der Waals surface area (Å²) in [7, 11) is 1.53. The van der Waals surface area contributed by atoms with E-state index in [-0.39, 0.29) is 19.0 Å². The summed E-state index contributed by atoms with van der Waals surface area (Å²) >= 11 is 0. The molecule has 140 valence electrons. The molecule has 2 aromatic carbocycles. The molecule has 0 bridgehead atoms. The van der Waals surface area contributed by atoms with Gasteiger partial charge in [-0.2, -0.15) is 0 Å². The van der Waals surface area contributed by atoms with E-state index in [2.05, 4.69) is 0 Å². The quantitative estimate of drug-likeness (QED) is 0.648. The van der Waals surface area contributed by atoms with E-state index in [0.717, 1.165) is 12.1 Å². The maximum Gasteiger partial charge on any atom is 0.340 e. The summed E-state index contributed by atoms with van der Waals surface area (Å²) in [5, 5.41) is 0. The summed E-state index contributed by atoms with van der Waals surface area (Å²) in [5.41, 5.74) is -0.507. The number of rotatable bonds is 8. The zero-order valence-electron chi connectivity index (χ0n) is 14.8. The van der Waals surface area contributed by atoms with Gasteiger partial charge in [-0.1, -0.05) is 0 Å². The Labute approximate surface area is 150 Å². The highest BCUT2D eigenvalue weighted by molar-refractivity contribution is 5.76. The second kappa shape index (κ2) is 9.15. The Kier molecular flexibility index (Phi) is 6.91. The predicted molar refractivity (Wildman–Crippen MR) is 90.4 cm³/mol. The second-order valence-corrected chi connectivity index (χ2v) is 5.17. The van der Waals surface area contributed by atoms with Gasteiger partial charge < -0.3 is 18.9 Å². The predicted octanol–water partition coefficient (Wildman–Crippen LogP) is 4.41. The SMILES string of the molecule is CCOC(=O)C(OCC)c1c(F)cc(Oc2ccc(OC)cc2)cc1F. The Bertz CT molecular complexity index is 723. The number of hydrogen-bond donors (Lipinski definition) is 0. The van der Waals surface area contributed by atoms with Gasteiger partial charge in [0.15, 0.2) is 6.10 Å². The summed E-state index contributed by atoms with van der Waals surface area (Å²) in [6.07, 6.45) is -1.48. The van der Waals surface area contributed by atoms with Crippen molar-refractivity contribution in [2.75, 3.05) is 20.3 Å². The Morgan fingerprint density at radius 2 is 1.54 bits per heavy atom. The molecule has 0 aromatic heterocycles. The van der Waals surface area contributed by atoms with Crippen molar-refractivity contribution >= 4 is 5.97 Å². The van der Waals surface area contributed by atoms with Gasteiger partial charge in [0.1, 0.15) is 28.9 Å². The van der Waals surface area contributed by atoms with Crippen LogP contribution in [0.1, 0.15) is 25.5 Å². The molecule has 0 aliphatic rings. The molecular weight excluding hydrogens is 346 g/mol. The van der Waals surface area contributed by atoms with Crippen molar-refractivity contribution in [2.45, 2.75) is 20.0 Å². The Hall–Kier alpha value is -2.67. The highest BCUT2D eigenvalue weighted by Gasteiger charge is 2.29. The standard InChI is InChI=1S/C19H20F2O5/c1-4-24-18(19(22)25-5-2)17-15(20)10-14(11-16(17)21)26-13-8-6-12(23-3)7-9-13/h6-11,18H,4-5H2,1-3H3. The fourth-order valence-electron chi connectivity index (χ4n) is 2.30. The van der Waals surface area contributed by atoms with E-state index < -0.39 is 29.3 Å². The van der Waals surface area contributed by atoms with Gasteiger partial charge in [-0.25, -0.2) is 13.6 Å². The van der Waals surface area contributed by atoms with Crippen molar-refractivity contribution in [1.29, 1.82) is 0 Å². The minimum absolute atomic E-state index is 0.0481. The molecule has 0 N–H and O–H groups in total. The summed E-state index contributed by atoms with van der Waals surface area (Å²) < 4.78 is 49.4. The van der Waals surface area contributed by atoms with Gasteiger partial charge in [-0.15, -0.1) is 0 Å². The molecule has 26 heavy (non-hydrogen) atoms. The van der Waals surface area contributed by atoms with Gasteiger partial charge in [0.2, 0.25) is 0 Å². The van der Waals surface area contributed by atoms with Crippen LogP contribution in [-0.2, 0) is 14.3 Å². The Morgan fingerprint density at radius 3 is 2.04 bits per heavy atom. The van der Waals surface area contributed by atoms with E-state index in [9.17, 15) is 13.6 Å². The molecule has 0 saturated heterocycles. The van der Waals surface area contributed by atoms with Crippen LogP contribution >= 0.6 is 0 Å². The summed E-state index contributed by atoms with van der Waals surface area (Å²) in [5.74, 6) is -1.81. The highest BCUT2D eigenvalue weighted by Crippen LogP contribution is 2.31. The van der Waals surface area contributed by atoms with Crippen LogP contribution in [0.3, 0.4) is 0 Å². The molecule has 0 amide bonds. The van der Waals surface area contributed by atoms with Gasteiger partial charge in [-0.05, 0) is 38.1 Å². The van der Waals surface area contributed by atoms with E-state index in [4.69, 9.17) is 18.9 Å². The lowest BCUT2D eigenvalue weighted by Gasteiger charge is -2.18. The van der Waals surface area contributed by atoms with E-state index >= 15 is 0 Å². The van der Waals surface area contributed by atoms with E-state index in [1.807, 2.05) is 0 Å². The molecule has 7 heteroatoms. The zero-order chi connectivity index (χ0) is 19.1. The molecule has 0 saturated carbocycles. The van der Waals surface area contributed by atoms with Crippen LogP contribution in [0.4, 0.5) is 8.78 Å². The molecule has 1 atom stereocenters. The number of methoxy groups -OCH3 is 1. The lowest BCUT2D eigenvalue weighted by atomic mass is 10.1. The molecule has 2 aromatic rings. The number of carbonyl (C=O) groups excluding carboxylic acids is 1. The van der Waals surface area contributed by atoms with Crippen LogP contribution in [0, 0.1) is 11.6 Å². The summed E-state index contributed by atoms with van der Waals surface area (Å²) in [6.45, 7) is 3.37. The number of ether oxygens (including phenoxy) is 4. The largest absolute Gasteiger partial charge is 0.497 e. The van der Waals surface area contributed by atoms with Crippen molar-refractivity contribution in [2.24, 2.45) is 0 Å². The molecule has 0 aliphatic carbocycles. The third-order valence-corrected chi connectivity index (χ3v) is 3.44. The van der Waals surface area contributed by atoms with Gasteiger partial charge in [-0.3, -0.25) is 0 Å². The van der Waals surface area contributed by atoms with Crippen LogP contribution in [-0.4, -0.2) is 26.3 Å². The van der Waals surface area contributed by atoms with Gasteiger partial charge in [0.25, 0.3) is 0 Å². The molecule has 0 spiro atoms. The van der Waals surface area contributed by atoms with Crippen molar-refractivity contribution in [3.63, 3.8) is 0 Å². The first-order chi connectivity index (χ1) is 12.5. The van der Waals surface area contributed by atoms with Crippen LogP contribution < -0.4 is 9.47 Å². The lowest BCUT2D eigenvalue weighted by molar-refractivity contribution is -0.157. The van der Waals surface area contributed by atoms with E-state index in [1.165, 1.54) is 7.11 Å². The van der Waals surface area contributed by atoms with Crippen molar-refractivity contribution in [1.82, 2.24) is 0 Å². The van der Waals surface area contributed by atoms with Crippen molar-refractivity contribution in [3.05, 3.63) is 53.6 Å². The fraction of sp³-hybridized carbons (Fsp3) is 0.316. The molecule has 5 nitrogen and oxygen atoms in total. The van der Waals surface area contributed by atoms with Crippen LogP contribution in [0.5, 0.6) is 17.2 Å². The average molecular weight is 366 g/mol. The molecule has 2 rings (SSSR count). The fourth-order valence-corrected chi connectivity index (χ4v) is 2.30. The third kappa shape index (κ3) is 4.70. The minimum Gasteiger partial charge on any atom is -0.497 e. The first kappa shape index (κ1) is 19.7. The molecule has 0 radical (unpaired) electrons. The first-order valence-electron chi connectivity index (χ1n) is 8.09. The number of hydrogen-bond acceptors (Lipinski definition) is 5. The maximum atomic E-state index is 14.5. The highest BCUT2D eigenvalue weighted by atomic mass is 19.1. The molecule has 0 aliphatic heterocycles. The van der Waals surface area contributed by atoms with Gasteiger partial charge in [0, 0.05) is 18.7 Å². The normalized spacial score (nSPS) is 11.7. The number of carbonyl (C=O) groups is 1. The van der Waals surface area contributed by atoms with Crippen molar-refractivity contribution < 1.29 is 32.5 Å². The van der Waals surface area contributed by atoms with Crippen LogP contribution in [0.25, 0.3) is 0 Å². The molecule has 0 fully saturated rings. The smallest absolute Gasteiger partial charge is 0.340 e.